The van der Waals surface area contributed by atoms with Crippen molar-refractivity contribution in [2.75, 3.05) is 5.32 Å². The Kier molecular flexibility index (Phi) is 1.89. The molecule has 0 bridgehead atoms. The van der Waals surface area contributed by atoms with E-state index in [2.05, 4.69) is 10.3 Å². The van der Waals surface area contributed by atoms with Crippen LogP contribution in [0.5, 0.6) is 5.75 Å². The minimum Gasteiger partial charge on any atom is -0.504 e. The van der Waals surface area contributed by atoms with Crippen molar-refractivity contribution >= 4 is 11.7 Å². The third-order valence-corrected chi connectivity index (χ3v) is 2.26. The molecule has 0 aliphatic heterocycles. The van der Waals surface area contributed by atoms with Crippen LogP contribution in [0.25, 0.3) is 0 Å². The van der Waals surface area contributed by atoms with Crippen molar-refractivity contribution in [1.82, 2.24) is 4.98 Å². The molecule has 1 amide bonds. The predicted molar refractivity (Wildman–Crippen MR) is 50.7 cm³/mol. The van der Waals surface area contributed by atoms with Gasteiger partial charge in [0.2, 0.25) is 5.91 Å². The van der Waals surface area contributed by atoms with Gasteiger partial charge >= 0.3 is 0 Å². The number of nitrogens with one attached hydrogen (secondary N) is 1. The van der Waals surface area contributed by atoms with Crippen LogP contribution < -0.4 is 11.1 Å². The number of hydrogen-bond acceptors (Lipinski definition) is 4. The number of aromatic hydroxyl groups is 1. The van der Waals surface area contributed by atoms with Gasteiger partial charge < -0.3 is 16.2 Å². The highest BCUT2D eigenvalue weighted by Gasteiger charge is 2.46. The lowest BCUT2D eigenvalue weighted by Gasteiger charge is -2.09. The van der Waals surface area contributed by atoms with E-state index in [1.807, 2.05) is 0 Å². The zero-order valence-corrected chi connectivity index (χ0v) is 7.53. The Hall–Kier alpha value is -1.62. The van der Waals surface area contributed by atoms with E-state index in [0.717, 1.165) is 0 Å². The SMILES string of the molecule is NC1(C(=O)Nc2ncccc2O)CC1. The lowest BCUT2D eigenvalue weighted by molar-refractivity contribution is -0.118. The molecule has 0 spiro atoms. The number of hydrogen-bond donors (Lipinski definition) is 3. The minimum absolute atomic E-state index is 0.0508. The summed E-state index contributed by atoms with van der Waals surface area (Å²) in [6.07, 6.45) is 2.87. The molecule has 1 saturated carbocycles. The number of carbonyl (C=O) groups is 1. The lowest BCUT2D eigenvalue weighted by atomic mass is 10.2. The van der Waals surface area contributed by atoms with E-state index < -0.39 is 5.54 Å². The first kappa shape index (κ1) is 8.96. The van der Waals surface area contributed by atoms with Gasteiger partial charge in [-0.1, -0.05) is 0 Å². The van der Waals surface area contributed by atoms with Gasteiger partial charge in [-0.2, -0.15) is 0 Å². The molecular weight excluding hydrogens is 182 g/mol. The summed E-state index contributed by atoms with van der Waals surface area (Å²) in [6.45, 7) is 0. The first-order chi connectivity index (χ1) is 6.62. The first-order valence-corrected chi connectivity index (χ1v) is 4.36. The van der Waals surface area contributed by atoms with E-state index in [0.29, 0.717) is 12.8 Å². The van der Waals surface area contributed by atoms with E-state index >= 15 is 0 Å². The van der Waals surface area contributed by atoms with Crippen molar-refractivity contribution in [2.24, 2.45) is 5.73 Å². The second kappa shape index (κ2) is 2.95. The summed E-state index contributed by atoms with van der Waals surface area (Å²) in [5.74, 6) is -0.175. The van der Waals surface area contributed by atoms with E-state index in [-0.39, 0.29) is 17.5 Å². The summed E-state index contributed by atoms with van der Waals surface area (Å²) >= 11 is 0. The molecule has 1 aliphatic carbocycles. The number of pyridine rings is 1. The lowest BCUT2D eigenvalue weighted by Crippen LogP contribution is -2.38. The Morgan fingerprint density at radius 3 is 2.93 bits per heavy atom. The molecule has 2 rings (SSSR count). The largest absolute Gasteiger partial charge is 0.504 e. The molecule has 1 aromatic heterocycles. The quantitative estimate of drug-likeness (QED) is 0.626. The van der Waals surface area contributed by atoms with Crippen molar-refractivity contribution < 1.29 is 9.90 Å². The molecule has 5 heteroatoms. The van der Waals surface area contributed by atoms with Gasteiger partial charge in [-0.05, 0) is 25.0 Å². The molecule has 14 heavy (non-hydrogen) atoms. The maximum Gasteiger partial charge on any atom is 0.245 e. The minimum atomic E-state index is -0.746. The fourth-order valence-corrected chi connectivity index (χ4v) is 1.09. The van der Waals surface area contributed by atoms with Gasteiger partial charge in [-0.15, -0.1) is 0 Å². The Bertz CT molecular complexity index is 374. The Balaban J connectivity index is 2.11. The maximum atomic E-state index is 11.5. The van der Waals surface area contributed by atoms with Crippen LogP contribution in [-0.4, -0.2) is 21.5 Å². The second-order valence-electron chi connectivity index (χ2n) is 3.48. The normalized spacial score (nSPS) is 17.5. The molecule has 1 fully saturated rings. The molecule has 1 heterocycles. The van der Waals surface area contributed by atoms with Gasteiger partial charge in [0.25, 0.3) is 0 Å². The topological polar surface area (TPSA) is 88.2 Å². The summed E-state index contributed by atoms with van der Waals surface area (Å²) in [5.41, 5.74) is 4.92. The van der Waals surface area contributed by atoms with E-state index in [1.54, 1.807) is 6.07 Å². The highest BCUT2D eigenvalue weighted by Crippen LogP contribution is 2.33. The van der Waals surface area contributed by atoms with E-state index in [1.165, 1.54) is 12.3 Å². The van der Waals surface area contributed by atoms with E-state index in [4.69, 9.17) is 5.73 Å². The number of nitrogens with two attached hydrogens (primary N) is 1. The molecule has 0 radical (unpaired) electrons. The van der Waals surface area contributed by atoms with Crippen LogP contribution in [0.2, 0.25) is 0 Å². The first-order valence-electron chi connectivity index (χ1n) is 4.36. The van der Waals surface area contributed by atoms with Crippen LogP contribution in [0.1, 0.15) is 12.8 Å². The van der Waals surface area contributed by atoms with Gasteiger partial charge in [0, 0.05) is 6.20 Å². The number of amides is 1. The molecule has 1 aromatic rings. The Morgan fingerprint density at radius 1 is 1.64 bits per heavy atom. The Morgan fingerprint density at radius 2 is 2.36 bits per heavy atom. The van der Waals surface area contributed by atoms with Crippen LogP contribution in [0.4, 0.5) is 5.82 Å². The molecule has 4 N–H and O–H groups in total. The predicted octanol–water partition coefficient (Wildman–Crippen LogP) is 0.217. The average Bonchev–Trinajstić information content (AvgIpc) is 2.89. The maximum absolute atomic E-state index is 11.5. The molecule has 1 aliphatic rings. The van der Waals surface area contributed by atoms with Crippen molar-refractivity contribution in [3.05, 3.63) is 18.3 Å². The summed E-state index contributed by atoms with van der Waals surface area (Å²) in [5, 5.41) is 11.8. The van der Waals surface area contributed by atoms with Gasteiger partial charge in [-0.3, -0.25) is 4.79 Å². The standard InChI is InChI=1S/C9H11N3O2/c10-9(3-4-9)8(14)12-7-6(13)2-1-5-11-7/h1-2,5,13H,3-4,10H2,(H,11,12,14). The summed E-state index contributed by atoms with van der Waals surface area (Å²) in [7, 11) is 0. The number of nitrogens with zero attached hydrogens (tertiary/aromatic N) is 1. The van der Waals surface area contributed by atoms with Crippen LogP contribution in [0.15, 0.2) is 18.3 Å². The zero-order valence-electron chi connectivity index (χ0n) is 7.53. The molecule has 0 saturated heterocycles. The smallest absolute Gasteiger partial charge is 0.245 e. The molecule has 74 valence electrons. The second-order valence-corrected chi connectivity index (χ2v) is 3.48. The van der Waals surface area contributed by atoms with Gasteiger partial charge in [0.1, 0.15) is 0 Å². The van der Waals surface area contributed by atoms with Gasteiger partial charge in [0.05, 0.1) is 5.54 Å². The Labute approximate surface area is 81.0 Å². The van der Waals surface area contributed by atoms with E-state index in [9.17, 15) is 9.90 Å². The van der Waals surface area contributed by atoms with Crippen molar-refractivity contribution in [3.63, 3.8) is 0 Å². The summed E-state index contributed by atoms with van der Waals surface area (Å²) in [4.78, 5) is 15.3. The highest BCUT2D eigenvalue weighted by atomic mass is 16.3. The third kappa shape index (κ3) is 1.54. The van der Waals surface area contributed by atoms with Crippen LogP contribution in [0.3, 0.4) is 0 Å². The summed E-state index contributed by atoms with van der Waals surface area (Å²) < 4.78 is 0. The summed E-state index contributed by atoms with van der Waals surface area (Å²) in [6, 6.07) is 3.04. The number of anilines is 1. The van der Waals surface area contributed by atoms with Crippen molar-refractivity contribution in [1.29, 1.82) is 0 Å². The fourth-order valence-electron chi connectivity index (χ4n) is 1.09. The molecule has 0 aromatic carbocycles. The van der Waals surface area contributed by atoms with Crippen LogP contribution >= 0.6 is 0 Å². The van der Waals surface area contributed by atoms with Crippen molar-refractivity contribution in [2.45, 2.75) is 18.4 Å². The van der Waals surface area contributed by atoms with Crippen LogP contribution in [-0.2, 0) is 4.79 Å². The highest BCUT2D eigenvalue weighted by molar-refractivity contribution is 6.00. The third-order valence-electron chi connectivity index (χ3n) is 2.26. The number of carbonyl (C=O) groups excluding carboxylic acids is 1. The van der Waals surface area contributed by atoms with Crippen molar-refractivity contribution in [3.8, 4) is 5.75 Å². The molecule has 0 atom stereocenters. The number of rotatable bonds is 2. The van der Waals surface area contributed by atoms with Gasteiger partial charge in [0.15, 0.2) is 11.6 Å². The molecular formula is C9H11N3O2. The van der Waals surface area contributed by atoms with Gasteiger partial charge in [-0.25, -0.2) is 4.98 Å². The fraction of sp³-hybridized carbons (Fsp3) is 0.333. The molecule has 5 nitrogen and oxygen atoms in total. The monoisotopic (exact) mass is 193 g/mol. The van der Waals surface area contributed by atoms with Crippen LogP contribution in [0, 0.1) is 0 Å². The zero-order chi connectivity index (χ0) is 10.2. The average molecular weight is 193 g/mol. The molecule has 0 unspecified atom stereocenters. The number of aromatic nitrogens is 1.